The summed E-state index contributed by atoms with van der Waals surface area (Å²) in [5.41, 5.74) is 3.62. The highest BCUT2D eigenvalue weighted by molar-refractivity contribution is 5.92. The number of amides is 1. The number of hydrogen-bond donors (Lipinski definition) is 1. The average molecular weight is 427 g/mol. The van der Waals surface area contributed by atoms with E-state index < -0.39 is 0 Å². The number of nitrogens with one attached hydrogen (secondary N) is 1. The Bertz CT molecular complexity index is 1230. The summed E-state index contributed by atoms with van der Waals surface area (Å²) in [6, 6.07) is 11.8. The van der Waals surface area contributed by atoms with Crippen LogP contribution in [0.1, 0.15) is 22.7 Å². The summed E-state index contributed by atoms with van der Waals surface area (Å²) < 4.78 is 5.47. The van der Waals surface area contributed by atoms with Gasteiger partial charge in [0.15, 0.2) is 0 Å². The molecule has 160 valence electrons. The van der Waals surface area contributed by atoms with Gasteiger partial charge >= 0.3 is 0 Å². The van der Waals surface area contributed by atoms with E-state index in [4.69, 9.17) is 9.51 Å². The molecule has 3 aromatic heterocycles. The van der Waals surface area contributed by atoms with Gasteiger partial charge in [0.2, 0.25) is 5.95 Å². The van der Waals surface area contributed by atoms with Crippen LogP contribution in [0.2, 0.25) is 0 Å². The molecule has 9 heteroatoms. The number of rotatable bonds is 5. The van der Waals surface area contributed by atoms with Crippen molar-refractivity contribution in [3.8, 4) is 22.5 Å². The molecule has 1 amide bonds. The maximum absolute atomic E-state index is 12.6. The summed E-state index contributed by atoms with van der Waals surface area (Å²) in [5, 5.41) is 7.60. The Balaban J connectivity index is 1.33. The number of carbonyl (C=O) groups excluding carboxylic acids is 1. The predicted octanol–water partition coefficient (Wildman–Crippen LogP) is 3.22. The lowest BCUT2D eigenvalue weighted by atomic mass is 10.0. The molecule has 0 saturated carbocycles. The van der Waals surface area contributed by atoms with Crippen molar-refractivity contribution in [1.29, 1.82) is 0 Å². The zero-order valence-electron chi connectivity index (χ0n) is 17.5. The number of hydrogen-bond acceptors (Lipinski definition) is 8. The minimum absolute atomic E-state index is 0.0445. The Morgan fingerprint density at radius 1 is 1.12 bits per heavy atom. The van der Waals surface area contributed by atoms with Crippen LogP contribution in [0.15, 0.2) is 65.7 Å². The number of aryl methyl sites for hydroxylation is 1. The highest BCUT2D eigenvalue weighted by Gasteiger charge is 2.28. The third kappa shape index (κ3) is 3.92. The van der Waals surface area contributed by atoms with Crippen molar-refractivity contribution in [2.45, 2.75) is 19.4 Å². The molecule has 1 N–H and O–H groups in total. The van der Waals surface area contributed by atoms with Gasteiger partial charge in [-0.25, -0.2) is 15.0 Å². The van der Waals surface area contributed by atoms with Crippen LogP contribution in [-0.4, -0.2) is 55.0 Å². The molecule has 32 heavy (non-hydrogen) atoms. The first-order valence-corrected chi connectivity index (χ1v) is 10.4. The summed E-state index contributed by atoms with van der Waals surface area (Å²) in [6.07, 6.45) is 7.07. The monoisotopic (exact) mass is 427 g/mol. The third-order valence-corrected chi connectivity index (χ3v) is 5.41. The molecule has 1 aliphatic rings. The Kier molecular flexibility index (Phi) is 5.29. The second kappa shape index (κ2) is 8.54. The fraction of sp³-hybridized carbons (Fsp3) is 0.217. The van der Waals surface area contributed by atoms with Crippen LogP contribution >= 0.6 is 0 Å². The van der Waals surface area contributed by atoms with Crippen LogP contribution < -0.4 is 5.32 Å². The Morgan fingerprint density at radius 2 is 2.00 bits per heavy atom. The molecule has 4 aromatic rings. The summed E-state index contributed by atoms with van der Waals surface area (Å²) in [5.74, 6) is 1.07. The lowest BCUT2D eigenvalue weighted by molar-refractivity contribution is 0.0785. The lowest BCUT2D eigenvalue weighted by Crippen LogP contribution is -2.32. The fourth-order valence-electron chi connectivity index (χ4n) is 3.85. The van der Waals surface area contributed by atoms with Crippen molar-refractivity contribution in [1.82, 2.24) is 30.0 Å². The molecule has 1 aromatic carbocycles. The second-order valence-corrected chi connectivity index (χ2v) is 7.57. The summed E-state index contributed by atoms with van der Waals surface area (Å²) >= 11 is 0. The predicted molar refractivity (Wildman–Crippen MR) is 118 cm³/mol. The molecule has 9 nitrogen and oxygen atoms in total. The van der Waals surface area contributed by atoms with Gasteiger partial charge in [-0.2, -0.15) is 0 Å². The molecule has 5 rings (SSSR count). The minimum atomic E-state index is -0.121. The molecule has 0 bridgehead atoms. The van der Waals surface area contributed by atoms with E-state index in [0.29, 0.717) is 30.5 Å². The Morgan fingerprint density at radius 3 is 2.81 bits per heavy atom. The zero-order valence-corrected chi connectivity index (χ0v) is 17.5. The molecule has 0 spiro atoms. The van der Waals surface area contributed by atoms with Gasteiger partial charge in [-0.1, -0.05) is 35.5 Å². The second-order valence-electron chi connectivity index (χ2n) is 7.57. The number of benzene rings is 1. The first-order valence-electron chi connectivity index (χ1n) is 10.4. The summed E-state index contributed by atoms with van der Waals surface area (Å²) in [4.78, 5) is 31.5. The maximum atomic E-state index is 12.6. The third-order valence-electron chi connectivity index (χ3n) is 5.41. The van der Waals surface area contributed by atoms with Crippen LogP contribution in [0.3, 0.4) is 0 Å². The first kappa shape index (κ1) is 19.8. The molecule has 1 fully saturated rings. The largest absolute Gasteiger partial charge is 0.360 e. The summed E-state index contributed by atoms with van der Waals surface area (Å²) in [6.45, 7) is 3.05. The maximum Gasteiger partial charge on any atom is 0.274 e. The highest BCUT2D eigenvalue weighted by atomic mass is 16.5. The van der Waals surface area contributed by atoms with E-state index in [2.05, 4.69) is 25.4 Å². The van der Waals surface area contributed by atoms with E-state index in [-0.39, 0.29) is 11.9 Å². The van der Waals surface area contributed by atoms with Gasteiger partial charge in [0, 0.05) is 43.3 Å². The molecule has 1 atom stereocenters. The van der Waals surface area contributed by atoms with Crippen molar-refractivity contribution in [2.75, 3.05) is 18.4 Å². The Hall–Kier alpha value is -4.14. The van der Waals surface area contributed by atoms with Crippen molar-refractivity contribution >= 4 is 11.9 Å². The van der Waals surface area contributed by atoms with E-state index in [1.165, 1.54) is 12.4 Å². The average Bonchev–Trinajstić information content (AvgIpc) is 3.46. The van der Waals surface area contributed by atoms with Gasteiger partial charge in [0.25, 0.3) is 5.91 Å². The van der Waals surface area contributed by atoms with E-state index in [1.807, 2.05) is 43.3 Å². The lowest BCUT2D eigenvalue weighted by Gasteiger charge is -2.16. The van der Waals surface area contributed by atoms with Gasteiger partial charge in [-0.05, 0) is 19.4 Å². The van der Waals surface area contributed by atoms with E-state index in [1.54, 1.807) is 17.3 Å². The first-order chi connectivity index (χ1) is 15.7. The van der Waals surface area contributed by atoms with Gasteiger partial charge in [0.1, 0.15) is 17.1 Å². The van der Waals surface area contributed by atoms with Crippen LogP contribution in [0.25, 0.3) is 22.5 Å². The van der Waals surface area contributed by atoms with E-state index in [9.17, 15) is 4.79 Å². The molecular weight excluding hydrogens is 406 g/mol. The molecular formula is C23H21N7O2. The van der Waals surface area contributed by atoms with E-state index >= 15 is 0 Å². The fourth-order valence-corrected chi connectivity index (χ4v) is 3.85. The SMILES string of the molecule is Cc1onc(-c2ccccc2)c1-c1ccnc(N[C@@H]2CCN(C(=O)c3cnccn3)C2)n1. The number of aromatic nitrogens is 5. The van der Waals surface area contributed by atoms with Crippen LogP contribution in [-0.2, 0) is 0 Å². The normalized spacial score (nSPS) is 15.7. The van der Waals surface area contributed by atoms with Crippen molar-refractivity contribution < 1.29 is 9.32 Å². The molecule has 4 heterocycles. The smallest absolute Gasteiger partial charge is 0.274 e. The molecule has 0 radical (unpaired) electrons. The van der Waals surface area contributed by atoms with Gasteiger partial charge in [-0.3, -0.25) is 9.78 Å². The van der Waals surface area contributed by atoms with Gasteiger partial charge in [-0.15, -0.1) is 0 Å². The van der Waals surface area contributed by atoms with Crippen LogP contribution in [0.5, 0.6) is 0 Å². The number of likely N-dealkylation sites (tertiary alicyclic amines) is 1. The molecule has 0 aliphatic carbocycles. The number of nitrogens with zero attached hydrogens (tertiary/aromatic N) is 6. The molecule has 0 unspecified atom stereocenters. The number of anilines is 1. The standard InChI is InChI=1S/C23H21N7O2/c1-15-20(21(29-32-15)16-5-3-2-4-6-16)18-7-9-26-23(28-18)27-17-8-12-30(14-17)22(31)19-13-24-10-11-25-19/h2-7,9-11,13,17H,8,12,14H2,1H3,(H,26,27,28)/t17-/m1/s1. The minimum Gasteiger partial charge on any atom is -0.360 e. The molecule has 1 aliphatic heterocycles. The van der Waals surface area contributed by atoms with Crippen molar-refractivity contribution in [2.24, 2.45) is 0 Å². The molecule has 1 saturated heterocycles. The zero-order chi connectivity index (χ0) is 21.9. The van der Waals surface area contributed by atoms with Crippen LogP contribution in [0, 0.1) is 6.92 Å². The summed E-state index contributed by atoms with van der Waals surface area (Å²) in [7, 11) is 0. The Labute approximate surface area is 184 Å². The van der Waals surface area contributed by atoms with Crippen molar-refractivity contribution in [3.63, 3.8) is 0 Å². The topological polar surface area (TPSA) is 110 Å². The van der Waals surface area contributed by atoms with E-state index in [0.717, 1.165) is 28.9 Å². The quantitative estimate of drug-likeness (QED) is 0.517. The highest BCUT2D eigenvalue weighted by Crippen LogP contribution is 2.33. The van der Waals surface area contributed by atoms with Gasteiger partial charge < -0.3 is 14.7 Å². The number of carbonyl (C=O) groups is 1. The van der Waals surface area contributed by atoms with Crippen molar-refractivity contribution in [3.05, 3.63) is 72.6 Å². The van der Waals surface area contributed by atoms with Crippen LogP contribution in [0.4, 0.5) is 5.95 Å². The van der Waals surface area contributed by atoms with Gasteiger partial charge in [0.05, 0.1) is 17.5 Å².